The van der Waals surface area contributed by atoms with Crippen LogP contribution in [0.2, 0.25) is 0 Å². The van der Waals surface area contributed by atoms with Crippen molar-refractivity contribution in [3.63, 3.8) is 0 Å². The molecule has 0 spiro atoms. The topological polar surface area (TPSA) is 186 Å². The molecule has 3 aromatic carbocycles. The van der Waals surface area contributed by atoms with Gasteiger partial charge in [-0.1, -0.05) is 72.8 Å². The summed E-state index contributed by atoms with van der Waals surface area (Å²) in [7, 11) is 0. The molecule has 43 heavy (non-hydrogen) atoms. The van der Waals surface area contributed by atoms with Crippen molar-refractivity contribution in [3.8, 4) is 5.75 Å². The first-order chi connectivity index (χ1) is 20.8. The summed E-state index contributed by atoms with van der Waals surface area (Å²) in [5.74, 6) is 3.92. The van der Waals surface area contributed by atoms with Crippen molar-refractivity contribution in [2.45, 2.75) is 51.0 Å². The normalized spacial score (nSPS) is 12.0. The third-order valence-corrected chi connectivity index (χ3v) is 6.50. The van der Waals surface area contributed by atoms with Crippen LogP contribution in [0, 0.1) is 0 Å². The second-order valence-corrected chi connectivity index (χ2v) is 9.69. The first kappa shape index (κ1) is 32.6. The summed E-state index contributed by atoms with van der Waals surface area (Å²) in [5, 5.41) is 12.2. The summed E-state index contributed by atoms with van der Waals surface area (Å²) in [6.45, 7) is 0.0149. The maximum atomic E-state index is 13.8. The molecule has 0 aliphatic carbocycles. The highest BCUT2D eigenvalue weighted by molar-refractivity contribution is 5.97. The van der Waals surface area contributed by atoms with E-state index in [1.54, 1.807) is 60.7 Å². The number of benzene rings is 3. The number of hydrogen-bond donors (Lipinski definition) is 5. The van der Waals surface area contributed by atoms with E-state index in [2.05, 4.69) is 5.32 Å². The van der Waals surface area contributed by atoms with Gasteiger partial charge in [0.2, 0.25) is 5.91 Å². The summed E-state index contributed by atoms with van der Waals surface area (Å²) < 4.78 is 10.9. The van der Waals surface area contributed by atoms with E-state index < -0.39 is 36.1 Å². The minimum absolute atomic E-state index is 0.0154. The molecule has 0 heterocycles. The second-order valence-electron chi connectivity index (χ2n) is 9.69. The number of ether oxygens (including phenoxy) is 2. The molecule has 0 saturated heterocycles. The number of amides is 4. The van der Waals surface area contributed by atoms with E-state index in [9.17, 15) is 24.3 Å². The van der Waals surface area contributed by atoms with Gasteiger partial charge in [-0.05, 0) is 54.6 Å². The predicted octanol–water partition coefficient (Wildman–Crippen LogP) is 2.88. The largest absolute Gasteiger partial charge is 0.508 e. The van der Waals surface area contributed by atoms with E-state index in [1.807, 2.05) is 17.6 Å². The van der Waals surface area contributed by atoms with E-state index in [4.69, 9.17) is 21.1 Å². The molecule has 0 aromatic heterocycles. The number of phenolic OH excluding ortho intramolecular Hbond substituents is 1. The zero-order valence-corrected chi connectivity index (χ0v) is 23.7. The highest BCUT2D eigenvalue weighted by atomic mass is 16.6. The van der Waals surface area contributed by atoms with Crippen LogP contribution in [0.15, 0.2) is 84.9 Å². The van der Waals surface area contributed by atoms with Crippen LogP contribution in [0.3, 0.4) is 0 Å². The Balaban J connectivity index is 1.88. The zero-order valence-electron chi connectivity index (χ0n) is 23.7. The van der Waals surface area contributed by atoms with Gasteiger partial charge in [-0.3, -0.25) is 15.0 Å². The van der Waals surface area contributed by atoms with Crippen LogP contribution >= 0.6 is 0 Å². The number of hydrogen-bond acceptors (Lipinski definition) is 9. The Hall–Kier alpha value is -4.94. The number of nitrogens with one attached hydrogen (secondary N) is 2. The molecule has 228 valence electrons. The molecular formula is C31H37N5O7. The monoisotopic (exact) mass is 591 g/mol. The minimum Gasteiger partial charge on any atom is -0.508 e. The molecule has 12 nitrogen and oxygen atoms in total. The smallest absolute Gasteiger partial charge is 0.420 e. The Kier molecular flexibility index (Phi) is 13.0. The summed E-state index contributed by atoms with van der Waals surface area (Å²) in [5.41, 5.74) is 9.66. The molecule has 0 fully saturated rings. The lowest BCUT2D eigenvalue weighted by Gasteiger charge is -2.29. The van der Waals surface area contributed by atoms with E-state index in [1.165, 1.54) is 12.1 Å². The van der Waals surface area contributed by atoms with Crippen LogP contribution in [0.4, 0.5) is 9.59 Å². The van der Waals surface area contributed by atoms with Gasteiger partial charge in [0, 0.05) is 6.42 Å². The molecular weight excluding hydrogens is 554 g/mol. The molecule has 0 aliphatic heterocycles. The van der Waals surface area contributed by atoms with Gasteiger partial charge in [0.05, 0.1) is 0 Å². The Bertz CT molecular complexity index is 1270. The summed E-state index contributed by atoms with van der Waals surface area (Å²) in [4.78, 5) is 53.9. The number of nitrogens with zero attached hydrogens (tertiary/aromatic N) is 1. The van der Waals surface area contributed by atoms with E-state index in [0.29, 0.717) is 41.0 Å². The molecule has 0 aliphatic rings. The third kappa shape index (κ3) is 10.4. The zero-order chi connectivity index (χ0) is 31.0. The number of aromatic hydroxyl groups is 1. The fourth-order valence-electron chi connectivity index (χ4n) is 4.21. The molecule has 3 aromatic rings. The highest BCUT2D eigenvalue weighted by Gasteiger charge is 2.38. The Morgan fingerprint density at radius 3 is 1.77 bits per heavy atom. The number of nitrogens with two attached hydrogens (primary N) is 2. The van der Waals surface area contributed by atoms with Crippen molar-refractivity contribution < 1.29 is 33.8 Å². The quantitative estimate of drug-likeness (QED) is 0.0813. The number of unbranched alkanes of at least 4 members (excludes halogenated alkanes) is 1. The molecule has 3 rings (SSSR count). The summed E-state index contributed by atoms with van der Waals surface area (Å²) in [6.07, 6.45) is -1.24. The van der Waals surface area contributed by atoms with E-state index in [-0.39, 0.29) is 31.8 Å². The number of imide groups is 1. The number of rotatable bonds is 14. The SMILES string of the molecule is NCCCC[C@@H](C(=O)N[C@H](Cc1ccc(O)cc1)C(=O)NN)N(C(=O)OCc1ccccc1)C(=O)OCc1ccccc1. The van der Waals surface area contributed by atoms with Crippen molar-refractivity contribution in [2.75, 3.05) is 6.54 Å². The van der Waals surface area contributed by atoms with E-state index >= 15 is 0 Å². The lowest BCUT2D eigenvalue weighted by Crippen LogP contribution is -2.57. The highest BCUT2D eigenvalue weighted by Crippen LogP contribution is 2.17. The van der Waals surface area contributed by atoms with Gasteiger partial charge in [-0.2, -0.15) is 4.90 Å². The summed E-state index contributed by atoms with van der Waals surface area (Å²) in [6, 6.07) is 21.2. The van der Waals surface area contributed by atoms with Crippen molar-refractivity contribution in [3.05, 3.63) is 102 Å². The average Bonchev–Trinajstić information content (AvgIpc) is 3.03. The molecule has 12 heteroatoms. The fraction of sp³-hybridized carbons (Fsp3) is 0.290. The lowest BCUT2D eigenvalue weighted by atomic mass is 10.0. The third-order valence-electron chi connectivity index (χ3n) is 6.50. The molecule has 2 atom stereocenters. The number of carbonyl (C=O) groups excluding carboxylic acids is 4. The van der Waals surface area contributed by atoms with Crippen LogP contribution in [-0.2, 0) is 38.7 Å². The van der Waals surface area contributed by atoms with Gasteiger partial charge in [0.25, 0.3) is 5.91 Å². The Morgan fingerprint density at radius 2 is 1.28 bits per heavy atom. The fourth-order valence-corrected chi connectivity index (χ4v) is 4.21. The van der Waals surface area contributed by atoms with Crippen LogP contribution in [0.1, 0.15) is 36.0 Å². The Morgan fingerprint density at radius 1 is 0.744 bits per heavy atom. The molecule has 0 unspecified atom stereocenters. The molecule has 0 bridgehead atoms. The standard InChI is InChI=1S/C31H37N5O7/c32-18-8-7-13-27(29(39)34-26(28(38)35-33)19-22-14-16-25(37)17-15-22)36(30(40)42-20-23-9-3-1-4-10-23)31(41)43-21-24-11-5-2-6-12-24/h1-6,9-12,14-17,26-27,37H,7-8,13,18-21,32-33H2,(H,34,39)(H,35,38)/t26-,27+/m1/s1. The molecule has 7 N–H and O–H groups in total. The maximum Gasteiger partial charge on any atom is 0.420 e. The van der Waals surface area contributed by atoms with Crippen LogP contribution in [-0.4, -0.2) is 52.6 Å². The number of hydrazine groups is 1. The van der Waals surface area contributed by atoms with Crippen molar-refractivity contribution in [1.29, 1.82) is 0 Å². The first-order valence-corrected chi connectivity index (χ1v) is 13.8. The molecule has 0 radical (unpaired) electrons. The van der Waals surface area contributed by atoms with Gasteiger partial charge in [0.1, 0.15) is 31.0 Å². The average molecular weight is 592 g/mol. The first-order valence-electron chi connectivity index (χ1n) is 13.8. The van der Waals surface area contributed by atoms with Crippen molar-refractivity contribution in [2.24, 2.45) is 11.6 Å². The maximum absolute atomic E-state index is 13.8. The van der Waals surface area contributed by atoms with Gasteiger partial charge in [0.15, 0.2) is 0 Å². The van der Waals surface area contributed by atoms with Crippen molar-refractivity contribution in [1.82, 2.24) is 15.6 Å². The molecule has 0 saturated carbocycles. The predicted molar refractivity (Wildman–Crippen MR) is 158 cm³/mol. The molecule has 4 amide bonds. The Labute approximate surface area is 249 Å². The van der Waals surface area contributed by atoms with Crippen molar-refractivity contribution >= 4 is 24.0 Å². The van der Waals surface area contributed by atoms with E-state index in [0.717, 1.165) is 0 Å². The van der Waals surface area contributed by atoms with Crippen LogP contribution < -0.4 is 22.3 Å². The van der Waals surface area contributed by atoms with Crippen LogP contribution in [0.25, 0.3) is 0 Å². The van der Waals surface area contributed by atoms with Crippen LogP contribution in [0.5, 0.6) is 5.75 Å². The minimum atomic E-state index is -1.40. The van der Waals surface area contributed by atoms with Gasteiger partial charge in [-0.25, -0.2) is 15.4 Å². The second kappa shape index (κ2) is 17.1. The summed E-state index contributed by atoms with van der Waals surface area (Å²) >= 11 is 0. The lowest BCUT2D eigenvalue weighted by molar-refractivity contribution is -0.131. The van der Waals surface area contributed by atoms with Gasteiger partial charge >= 0.3 is 12.2 Å². The number of carbonyl (C=O) groups is 4. The van der Waals surface area contributed by atoms with Gasteiger partial charge in [-0.15, -0.1) is 0 Å². The van der Waals surface area contributed by atoms with Gasteiger partial charge < -0.3 is 25.6 Å². The number of phenols is 1.